The van der Waals surface area contributed by atoms with Crippen LogP contribution in [0.25, 0.3) is 16.8 Å². The van der Waals surface area contributed by atoms with Gasteiger partial charge in [-0.15, -0.1) is 5.10 Å². The molecule has 0 unspecified atom stereocenters. The molecule has 0 atom stereocenters. The van der Waals surface area contributed by atoms with E-state index in [1.807, 2.05) is 30.3 Å². The van der Waals surface area contributed by atoms with Crippen molar-refractivity contribution in [3.63, 3.8) is 0 Å². The average molecular weight is 345 g/mol. The van der Waals surface area contributed by atoms with Crippen LogP contribution in [0.15, 0.2) is 53.3 Å². The molecule has 104 valence electrons. The first-order valence-electron chi connectivity index (χ1n) is 6.01. The summed E-state index contributed by atoms with van der Waals surface area (Å²) in [4.78, 5) is 11.3. The second-order valence-corrected chi connectivity index (χ2v) is 5.25. The van der Waals surface area contributed by atoms with E-state index >= 15 is 0 Å². The van der Waals surface area contributed by atoms with Crippen LogP contribution in [0.5, 0.6) is 0 Å². The minimum absolute atomic E-state index is 0.181. The number of carbonyl (C=O) groups is 1. The quantitative estimate of drug-likeness (QED) is 0.789. The number of halogens is 1. The van der Waals surface area contributed by atoms with Crippen molar-refractivity contribution in [2.45, 2.75) is 0 Å². The maximum atomic E-state index is 11.3. The van der Waals surface area contributed by atoms with Crippen LogP contribution < -0.4 is 0 Å². The summed E-state index contributed by atoms with van der Waals surface area (Å²) in [7, 11) is 0. The Labute approximate surface area is 128 Å². The van der Waals surface area contributed by atoms with E-state index in [1.54, 1.807) is 6.07 Å². The lowest BCUT2D eigenvalue weighted by atomic mass is 10.0. The second kappa shape index (κ2) is 5.45. The van der Waals surface area contributed by atoms with E-state index in [-0.39, 0.29) is 5.56 Å². The molecule has 6 nitrogen and oxygen atoms in total. The van der Waals surface area contributed by atoms with E-state index in [1.165, 1.54) is 17.1 Å². The van der Waals surface area contributed by atoms with Crippen molar-refractivity contribution in [2.75, 3.05) is 0 Å². The molecule has 7 heteroatoms. The molecule has 2 aromatic carbocycles. The van der Waals surface area contributed by atoms with Crippen molar-refractivity contribution in [1.29, 1.82) is 0 Å². The number of benzene rings is 2. The first-order valence-corrected chi connectivity index (χ1v) is 6.80. The summed E-state index contributed by atoms with van der Waals surface area (Å²) in [6.45, 7) is 0. The number of hydrogen-bond donors (Lipinski definition) is 1. The second-order valence-electron chi connectivity index (χ2n) is 4.34. The zero-order valence-electron chi connectivity index (χ0n) is 10.6. The number of aromatic nitrogens is 4. The van der Waals surface area contributed by atoms with Gasteiger partial charge in [0.2, 0.25) is 0 Å². The minimum Gasteiger partial charge on any atom is -0.478 e. The summed E-state index contributed by atoms with van der Waals surface area (Å²) in [6, 6.07) is 12.6. The number of nitrogens with zero attached hydrogens (tertiary/aromatic N) is 4. The van der Waals surface area contributed by atoms with Gasteiger partial charge in [0.1, 0.15) is 6.33 Å². The van der Waals surface area contributed by atoms with Crippen LogP contribution in [-0.2, 0) is 0 Å². The zero-order valence-corrected chi connectivity index (χ0v) is 12.2. The molecule has 0 aliphatic rings. The maximum Gasteiger partial charge on any atom is 0.335 e. The lowest BCUT2D eigenvalue weighted by Gasteiger charge is -2.07. The first kappa shape index (κ1) is 13.4. The van der Waals surface area contributed by atoms with Gasteiger partial charge in [-0.25, -0.2) is 9.48 Å². The third-order valence-corrected chi connectivity index (χ3v) is 3.48. The summed E-state index contributed by atoms with van der Waals surface area (Å²) in [5, 5.41) is 20.2. The Balaban J connectivity index is 2.16. The Kier molecular flexibility index (Phi) is 3.49. The van der Waals surface area contributed by atoms with Crippen LogP contribution in [-0.4, -0.2) is 31.3 Å². The van der Waals surface area contributed by atoms with Crippen molar-refractivity contribution in [3.05, 3.63) is 58.8 Å². The van der Waals surface area contributed by atoms with E-state index in [9.17, 15) is 9.90 Å². The number of tetrazole rings is 1. The van der Waals surface area contributed by atoms with Gasteiger partial charge in [0, 0.05) is 4.47 Å². The van der Waals surface area contributed by atoms with Crippen LogP contribution in [0, 0.1) is 0 Å². The molecule has 1 aromatic heterocycles. The summed E-state index contributed by atoms with van der Waals surface area (Å²) in [5.74, 6) is -0.997. The van der Waals surface area contributed by atoms with E-state index in [4.69, 9.17) is 0 Å². The van der Waals surface area contributed by atoms with Gasteiger partial charge in [0.15, 0.2) is 0 Å². The van der Waals surface area contributed by atoms with E-state index in [0.29, 0.717) is 5.69 Å². The fourth-order valence-corrected chi connectivity index (χ4v) is 2.22. The number of carboxylic acid groups (broad SMARTS) is 1. The highest BCUT2D eigenvalue weighted by Crippen LogP contribution is 2.25. The van der Waals surface area contributed by atoms with E-state index in [2.05, 4.69) is 31.5 Å². The lowest BCUT2D eigenvalue weighted by Crippen LogP contribution is -2.02. The summed E-state index contributed by atoms with van der Waals surface area (Å²) < 4.78 is 2.38. The van der Waals surface area contributed by atoms with Crippen LogP contribution in [0.4, 0.5) is 0 Å². The normalized spacial score (nSPS) is 10.5. The first-order chi connectivity index (χ1) is 10.1. The monoisotopic (exact) mass is 344 g/mol. The molecule has 21 heavy (non-hydrogen) atoms. The number of carboxylic acids is 1. The van der Waals surface area contributed by atoms with Crippen molar-refractivity contribution < 1.29 is 9.90 Å². The Hall–Kier alpha value is -2.54. The van der Waals surface area contributed by atoms with E-state index in [0.717, 1.165) is 15.6 Å². The molecule has 0 aliphatic carbocycles. The Morgan fingerprint density at radius 1 is 1.10 bits per heavy atom. The van der Waals surface area contributed by atoms with Gasteiger partial charge >= 0.3 is 5.97 Å². The molecule has 0 amide bonds. The molecule has 0 saturated carbocycles. The molecular weight excluding hydrogens is 336 g/mol. The molecule has 0 bridgehead atoms. The molecule has 0 spiro atoms. The van der Waals surface area contributed by atoms with Gasteiger partial charge in [0.05, 0.1) is 11.3 Å². The van der Waals surface area contributed by atoms with E-state index < -0.39 is 5.97 Å². The third kappa shape index (κ3) is 2.82. The zero-order chi connectivity index (χ0) is 14.8. The standard InChI is InChI=1S/C14H9BrN4O2/c15-12-3-1-9(2-4-12)10-5-11(14(20)21)7-13(6-10)19-8-16-17-18-19/h1-8H,(H,20,21). The molecule has 3 rings (SSSR count). The predicted octanol–water partition coefficient (Wildman–Crippen LogP) is 2.79. The Morgan fingerprint density at radius 2 is 1.86 bits per heavy atom. The fraction of sp³-hybridized carbons (Fsp3) is 0. The van der Waals surface area contributed by atoms with Crippen molar-refractivity contribution in [1.82, 2.24) is 20.2 Å². The molecule has 0 fully saturated rings. The molecule has 1 heterocycles. The van der Waals surface area contributed by atoms with Crippen LogP contribution in [0.3, 0.4) is 0 Å². The molecule has 0 saturated heterocycles. The molecule has 3 aromatic rings. The summed E-state index contributed by atoms with van der Waals surface area (Å²) in [5.41, 5.74) is 2.47. The van der Waals surface area contributed by atoms with Gasteiger partial charge < -0.3 is 5.11 Å². The Morgan fingerprint density at radius 3 is 2.48 bits per heavy atom. The van der Waals surface area contributed by atoms with Crippen LogP contribution in [0.2, 0.25) is 0 Å². The number of aromatic carboxylic acids is 1. The van der Waals surface area contributed by atoms with Gasteiger partial charge in [-0.2, -0.15) is 0 Å². The minimum atomic E-state index is -0.997. The van der Waals surface area contributed by atoms with Gasteiger partial charge in [-0.3, -0.25) is 0 Å². The third-order valence-electron chi connectivity index (χ3n) is 2.96. The topological polar surface area (TPSA) is 80.9 Å². The highest BCUT2D eigenvalue weighted by molar-refractivity contribution is 9.10. The van der Waals surface area contributed by atoms with Crippen LogP contribution >= 0.6 is 15.9 Å². The summed E-state index contributed by atoms with van der Waals surface area (Å²) in [6.07, 6.45) is 1.42. The molecule has 1 N–H and O–H groups in total. The maximum absolute atomic E-state index is 11.3. The molecule has 0 radical (unpaired) electrons. The molecular formula is C14H9BrN4O2. The Bertz CT molecular complexity index is 785. The molecule has 0 aliphatic heterocycles. The fourth-order valence-electron chi connectivity index (χ4n) is 1.96. The number of hydrogen-bond acceptors (Lipinski definition) is 4. The average Bonchev–Trinajstić information content (AvgIpc) is 3.02. The van der Waals surface area contributed by atoms with Gasteiger partial charge in [0.25, 0.3) is 0 Å². The SMILES string of the molecule is O=C(O)c1cc(-c2ccc(Br)cc2)cc(-n2cnnn2)c1. The van der Waals surface area contributed by atoms with Crippen LogP contribution in [0.1, 0.15) is 10.4 Å². The predicted molar refractivity (Wildman–Crippen MR) is 79.2 cm³/mol. The number of rotatable bonds is 3. The van der Waals surface area contributed by atoms with Gasteiger partial charge in [-0.05, 0) is 51.9 Å². The highest BCUT2D eigenvalue weighted by Gasteiger charge is 2.10. The van der Waals surface area contributed by atoms with Crippen molar-refractivity contribution >= 4 is 21.9 Å². The van der Waals surface area contributed by atoms with Crippen molar-refractivity contribution in [3.8, 4) is 16.8 Å². The lowest BCUT2D eigenvalue weighted by molar-refractivity contribution is 0.0697. The summed E-state index contributed by atoms with van der Waals surface area (Å²) >= 11 is 3.38. The highest BCUT2D eigenvalue weighted by atomic mass is 79.9. The smallest absolute Gasteiger partial charge is 0.335 e. The van der Waals surface area contributed by atoms with Crippen molar-refractivity contribution in [2.24, 2.45) is 0 Å². The van der Waals surface area contributed by atoms with Gasteiger partial charge in [-0.1, -0.05) is 28.1 Å². The largest absolute Gasteiger partial charge is 0.478 e.